The lowest BCUT2D eigenvalue weighted by Crippen LogP contribution is -2.50. The maximum absolute atomic E-state index is 13.1. The lowest BCUT2D eigenvalue weighted by atomic mass is 9.77. The van der Waals surface area contributed by atoms with E-state index in [9.17, 15) is 9.59 Å². The van der Waals surface area contributed by atoms with Gasteiger partial charge in [0.15, 0.2) is 0 Å². The molecule has 1 saturated heterocycles. The van der Waals surface area contributed by atoms with E-state index in [1.54, 1.807) is 6.92 Å². The van der Waals surface area contributed by atoms with Gasteiger partial charge in [-0.25, -0.2) is 0 Å². The molecule has 4 atom stereocenters. The minimum Gasteiger partial charge on any atom is -0.378 e. The van der Waals surface area contributed by atoms with Crippen molar-refractivity contribution in [2.24, 2.45) is 17.8 Å². The van der Waals surface area contributed by atoms with E-state index in [-0.39, 0.29) is 24.0 Å². The van der Waals surface area contributed by atoms with Crippen LogP contribution in [0.3, 0.4) is 0 Å². The van der Waals surface area contributed by atoms with Crippen molar-refractivity contribution in [3.63, 3.8) is 0 Å². The maximum atomic E-state index is 13.1. The Bertz CT molecular complexity index is 761. The second kappa shape index (κ2) is 8.34. The van der Waals surface area contributed by atoms with Crippen LogP contribution in [0.1, 0.15) is 43.0 Å². The monoisotopic (exact) mass is 399 g/mol. The van der Waals surface area contributed by atoms with Crippen molar-refractivity contribution in [2.75, 3.05) is 38.7 Å². The van der Waals surface area contributed by atoms with Crippen LogP contribution >= 0.6 is 0 Å². The van der Waals surface area contributed by atoms with Gasteiger partial charge in [0, 0.05) is 52.0 Å². The molecule has 29 heavy (non-hydrogen) atoms. The summed E-state index contributed by atoms with van der Waals surface area (Å²) in [6.07, 6.45) is 4.40. The number of ether oxygens (including phenoxy) is 1. The minimum atomic E-state index is -0.0000909. The third-order valence-corrected chi connectivity index (χ3v) is 6.65. The second-order valence-corrected chi connectivity index (χ2v) is 9.27. The van der Waals surface area contributed by atoms with Crippen molar-refractivity contribution < 1.29 is 14.3 Å². The van der Waals surface area contributed by atoms with Gasteiger partial charge in [-0.2, -0.15) is 0 Å². The number of carbonyl (C=O) groups excluding carboxylic acids is 2. The highest BCUT2D eigenvalue weighted by Gasteiger charge is 2.44. The highest BCUT2D eigenvalue weighted by Crippen LogP contribution is 2.39. The number of amides is 2. The Labute approximate surface area is 173 Å². The van der Waals surface area contributed by atoms with Gasteiger partial charge < -0.3 is 19.9 Å². The third-order valence-electron chi connectivity index (χ3n) is 6.65. The molecular weight excluding hydrogens is 366 g/mol. The van der Waals surface area contributed by atoms with Crippen LogP contribution in [0.25, 0.3) is 0 Å². The van der Waals surface area contributed by atoms with E-state index in [0.717, 1.165) is 43.8 Å². The number of hydrogen-bond acceptors (Lipinski definition) is 4. The van der Waals surface area contributed by atoms with Crippen LogP contribution < -0.4 is 10.2 Å². The molecule has 1 N–H and O–H groups in total. The molecule has 1 aromatic carbocycles. The molecule has 3 aliphatic rings. The summed E-state index contributed by atoms with van der Waals surface area (Å²) < 4.78 is 6.23. The fourth-order valence-electron chi connectivity index (χ4n) is 4.82. The zero-order chi connectivity index (χ0) is 20.5. The van der Waals surface area contributed by atoms with Crippen molar-refractivity contribution in [2.45, 2.75) is 44.8 Å². The van der Waals surface area contributed by atoms with Crippen LogP contribution in [0, 0.1) is 17.8 Å². The van der Waals surface area contributed by atoms with Gasteiger partial charge in [-0.1, -0.05) is 6.07 Å². The number of benzene rings is 1. The molecule has 6 nitrogen and oxygen atoms in total. The van der Waals surface area contributed by atoms with Gasteiger partial charge in [-0.05, 0) is 61.6 Å². The van der Waals surface area contributed by atoms with E-state index in [0.29, 0.717) is 17.8 Å². The van der Waals surface area contributed by atoms with Gasteiger partial charge in [-0.3, -0.25) is 9.59 Å². The number of anilines is 1. The van der Waals surface area contributed by atoms with Gasteiger partial charge in [0.05, 0.1) is 12.1 Å². The van der Waals surface area contributed by atoms with Gasteiger partial charge in [0.1, 0.15) is 0 Å². The summed E-state index contributed by atoms with van der Waals surface area (Å²) in [4.78, 5) is 28.9. The van der Waals surface area contributed by atoms with Crippen molar-refractivity contribution in [3.8, 4) is 0 Å². The number of nitrogens with one attached hydrogen (secondary N) is 1. The van der Waals surface area contributed by atoms with E-state index in [2.05, 4.69) is 5.32 Å². The molecule has 0 bridgehead atoms. The Morgan fingerprint density at radius 2 is 1.90 bits per heavy atom. The largest absolute Gasteiger partial charge is 0.378 e. The first-order valence-corrected chi connectivity index (χ1v) is 10.9. The first-order valence-electron chi connectivity index (χ1n) is 10.9. The number of fused-ring (bicyclic) bond motifs is 1. The zero-order valence-electron chi connectivity index (χ0n) is 17.8. The standard InChI is InChI=1S/C23H33N3O3/c1-15(27)24-21-10-18-12-26(13-19(18)11-22(21)29-14-16-7-8-16)23(28)17-5-4-6-20(9-17)25(2)3/h4-6,9,16,18-19,21-22H,7-8,10-14H2,1-3H3,(H,24,27)/t18-,19+,21-,22-/m1/s1. The van der Waals surface area contributed by atoms with E-state index in [1.807, 2.05) is 48.2 Å². The van der Waals surface area contributed by atoms with Crippen LogP contribution in [-0.2, 0) is 9.53 Å². The highest BCUT2D eigenvalue weighted by atomic mass is 16.5. The summed E-state index contributed by atoms with van der Waals surface area (Å²) in [6.45, 7) is 3.93. The fourth-order valence-corrected chi connectivity index (χ4v) is 4.82. The molecule has 0 aromatic heterocycles. The van der Waals surface area contributed by atoms with Crippen LogP contribution in [0.2, 0.25) is 0 Å². The molecule has 1 heterocycles. The van der Waals surface area contributed by atoms with Crippen LogP contribution in [0.4, 0.5) is 5.69 Å². The molecule has 4 rings (SSSR count). The Morgan fingerprint density at radius 3 is 2.55 bits per heavy atom. The molecule has 158 valence electrons. The Hall–Kier alpha value is -2.08. The fraction of sp³-hybridized carbons (Fsp3) is 0.652. The number of rotatable bonds is 6. The van der Waals surface area contributed by atoms with Crippen LogP contribution in [-0.4, -0.2) is 62.7 Å². The van der Waals surface area contributed by atoms with Crippen LogP contribution in [0.15, 0.2) is 24.3 Å². The first-order chi connectivity index (χ1) is 13.9. The predicted octanol–water partition coefficient (Wildman–Crippen LogP) is 2.53. The van der Waals surface area contributed by atoms with Crippen molar-refractivity contribution >= 4 is 17.5 Å². The van der Waals surface area contributed by atoms with Crippen molar-refractivity contribution in [1.82, 2.24) is 10.2 Å². The minimum absolute atomic E-state index is 0.0000909. The number of likely N-dealkylation sites (tertiary alicyclic amines) is 1. The summed E-state index contributed by atoms with van der Waals surface area (Å²) >= 11 is 0. The average molecular weight is 400 g/mol. The van der Waals surface area contributed by atoms with Gasteiger partial charge in [0.25, 0.3) is 5.91 Å². The summed E-state index contributed by atoms with van der Waals surface area (Å²) in [6, 6.07) is 7.88. The molecule has 3 fully saturated rings. The maximum Gasteiger partial charge on any atom is 0.253 e. The highest BCUT2D eigenvalue weighted by molar-refractivity contribution is 5.95. The molecule has 0 radical (unpaired) electrons. The van der Waals surface area contributed by atoms with Crippen LogP contribution in [0.5, 0.6) is 0 Å². The van der Waals surface area contributed by atoms with Gasteiger partial charge in [0.2, 0.25) is 5.91 Å². The van der Waals surface area contributed by atoms with E-state index >= 15 is 0 Å². The van der Waals surface area contributed by atoms with Crippen molar-refractivity contribution in [1.29, 1.82) is 0 Å². The predicted molar refractivity (Wildman–Crippen MR) is 113 cm³/mol. The molecule has 0 spiro atoms. The number of hydrogen-bond donors (Lipinski definition) is 1. The van der Waals surface area contributed by atoms with Gasteiger partial charge in [-0.15, -0.1) is 0 Å². The lowest BCUT2D eigenvalue weighted by molar-refractivity contribution is -0.122. The molecule has 2 aliphatic carbocycles. The lowest BCUT2D eigenvalue weighted by Gasteiger charge is -2.38. The quantitative estimate of drug-likeness (QED) is 0.799. The third kappa shape index (κ3) is 4.74. The summed E-state index contributed by atoms with van der Waals surface area (Å²) in [5, 5.41) is 3.11. The number of nitrogens with zero attached hydrogens (tertiary/aromatic N) is 2. The van der Waals surface area contributed by atoms with E-state index in [1.165, 1.54) is 12.8 Å². The summed E-state index contributed by atoms with van der Waals surface area (Å²) in [5.41, 5.74) is 1.78. The van der Waals surface area contributed by atoms with E-state index < -0.39 is 0 Å². The second-order valence-electron chi connectivity index (χ2n) is 9.27. The molecule has 2 amide bonds. The first kappa shape index (κ1) is 20.2. The SMILES string of the molecule is CC(=O)N[C@@H]1C[C@@H]2CN(C(=O)c3cccc(N(C)C)c3)C[C@@H]2C[C@H]1OCC1CC1. The Kier molecular flexibility index (Phi) is 5.81. The summed E-state index contributed by atoms with van der Waals surface area (Å²) in [7, 11) is 3.97. The molecule has 6 heteroatoms. The normalized spacial score (nSPS) is 28.7. The average Bonchev–Trinajstić information content (AvgIpc) is 3.43. The topological polar surface area (TPSA) is 61.9 Å². The Morgan fingerprint density at radius 1 is 1.17 bits per heavy atom. The molecule has 1 aliphatic heterocycles. The van der Waals surface area contributed by atoms with E-state index in [4.69, 9.17) is 4.74 Å². The zero-order valence-corrected chi connectivity index (χ0v) is 17.8. The molecule has 1 aromatic rings. The Balaban J connectivity index is 1.43. The van der Waals surface area contributed by atoms with Gasteiger partial charge >= 0.3 is 0 Å². The number of carbonyl (C=O) groups is 2. The smallest absolute Gasteiger partial charge is 0.253 e. The molecular formula is C23H33N3O3. The molecule has 2 saturated carbocycles. The van der Waals surface area contributed by atoms with Crippen molar-refractivity contribution in [3.05, 3.63) is 29.8 Å². The molecule has 0 unspecified atom stereocenters. The summed E-state index contributed by atoms with van der Waals surface area (Å²) in [5.74, 6) is 1.68.